The maximum Gasteiger partial charge on any atom is 0.410 e. The van der Waals surface area contributed by atoms with E-state index in [0.717, 1.165) is 33.4 Å². The quantitative estimate of drug-likeness (QED) is 0.508. The summed E-state index contributed by atoms with van der Waals surface area (Å²) in [7, 11) is 4.88. The van der Waals surface area contributed by atoms with E-state index in [9.17, 15) is 9.59 Å². The van der Waals surface area contributed by atoms with E-state index in [1.807, 2.05) is 40.8 Å². The van der Waals surface area contributed by atoms with Gasteiger partial charge in [0.2, 0.25) is 5.88 Å². The highest BCUT2D eigenvalue weighted by atomic mass is 16.6. The molecule has 1 saturated heterocycles. The number of esters is 1. The summed E-state index contributed by atoms with van der Waals surface area (Å²) in [6.45, 7) is 9.48. The van der Waals surface area contributed by atoms with E-state index in [-0.39, 0.29) is 18.0 Å². The molecule has 1 amide bonds. The molecular weight excluding hydrogens is 472 g/mol. The third-order valence-corrected chi connectivity index (χ3v) is 6.58. The van der Waals surface area contributed by atoms with Crippen LogP contribution in [0.1, 0.15) is 55.4 Å². The number of nitrogens with one attached hydrogen (secondary N) is 1. The predicted molar refractivity (Wildman–Crippen MR) is 142 cm³/mol. The Morgan fingerprint density at radius 1 is 1.16 bits per heavy atom. The van der Waals surface area contributed by atoms with Gasteiger partial charge in [-0.2, -0.15) is 0 Å². The van der Waals surface area contributed by atoms with E-state index in [1.54, 1.807) is 11.0 Å². The first-order chi connectivity index (χ1) is 17.6. The molecule has 1 aliphatic heterocycles. The molecular formula is C28H36N4O5. The van der Waals surface area contributed by atoms with Crippen LogP contribution in [0, 0.1) is 0 Å². The average Bonchev–Trinajstić information content (AvgIpc) is 3.22. The smallest absolute Gasteiger partial charge is 0.410 e. The highest BCUT2D eigenvalue weighted by Gasteiger charge is 2.29. The third-order valence-electron chi connectivity index (χ3n) is 6.58. The number of amides is 1. The highest BCUT2D eigenvalue weighted by molar-refractivity contribution is 5.93. The van der Waals surface area contributed by atoms with Gasteiger partial charge in [0.1, 0.15) is 11.2 Å². The second-order valence-corrected chi connectivity index (χ2v) is 10.2. The van der Waals surface area contributed by atoms with Crippen molar-refractivity contribution in [3.8, 4) is 17.1 Å². The largest absolute Gasteiger partial charge is 0.480 e. The number of nitrogens with zero attached hydrogens (tertiary/aromatic N) is 3. The Labute approximate surface area is 217 Å². The zero-order valence-corrected chi connectivity index (χ0v) is 22.7. The normalized spacial score (nSPS) is 16.1. The lowest BCUT2D eigenvalue weighted by atomic mass is 10.0. The Bertz CT molecular complexity index is 1320. The second-order valence-electron chi connectivity index (χ2n) is 10.2. The standard InChI is InChI=1S/C28H36N4O5/c1-8-17-14-20(26(33)36-7)25(35-6)30-24(17)18-9-10-22-19(13-18)15-23(31(22)5)21-16-32(12-11-29-21)27(34)37-28(2,3)4/h9-10,13-15,21,29H,8,11-12,16H2,1-7H3. The molecule has 3 heterocycles. The zero-order valence-electron chi connectivity index (χ0n) is 22.7. The topological polar surface area (TPSA) is 94.9 Å². The number of hydrogen-bond acceptors (Lipinski definition) is 7. The average molecular weight is 509 g/mol. The molecule has 1 aliphatic rings. The highest BCUT2D eigenvalue weighted by Crippen LogP contribution is 2.33. The fourth-order valence-electron chi connectivity index (χ4n) is 4.76. The first-order valence-corrected chi connectivity index (χ1v) is 12.5. The number of rotatable bonds is 5. The van der Waals surface area contributed by atoms with E-state index in [1.165, 1.54) is 14.2 Å². The van der Waals surface area contributed by atoms with Gasteiger partial charge in [0.15, 0.2) is 0 Å². The van der Waals surface area contributed by atoms with Crippen LogP contribution in [0.2, 0.25) is 0 Å². The summed E-state index contributed by atoms with van der Waals surface area (Å²) in [6, 6.07) is 10.1. The number of carbonyl (C=O) groups is 2. The van der Waals surface area contributed by atoms with E-state index >= 15 is 0 Å². The zero-order chi connectivity index (χ0) is 26.9. The van der Waals surface area contributed by atoms with Crippen LogP contribution in [0.3, 0.4) is 0 Å². The summed E-state index contributed by atoms with van der Waals surface area (Å²) in [4.78, 5) is 31.3. The number of piperazine rings is 1. The number of hydrogen-bond donors (Lipinski definition) is 1. The van der Waals surface area contributed by atoms with E-state index in [4.69, 9.17) is 14.2 Å². The van der Waals surface area contributed by atoms with Gasteiger partial charge in [-0.25, -0.2) is 14.6 Å². The summed E-state index contributed by atoms with van der Waals surface area (Å²) in [6.07, 6.45) is 0.406. The molecule has 1 unspecified atom stereocenters. The van der Waals surface area contributed by atoms with Crippen molar-refractivity contribution in [1.29, 1.82) is 0 Å². The van der Waals surface area contributed by atoms with Crippen LogP contribution in [0.15, 0.2) is 30.3 Å². The lowest BCUT2D eigenvalue weighted by Gasteiger charge is -2.35. The van der Waals surface area contributed by atoms with Gasteiger partial charge in [-0.1, -0.05) is 13.0 Å². The molecule has 0 bridgehead atoms. The molecule has 2 aromatic heterocycles. The summed E-state index contributed by atoms with van der Waals surface area (Å²) in [5.74, 6) is -0.240. The molecule has 9 heteroatoms. The molecule has 1 atom stereocenters. The summed E-state index contributed by atoms with van der Waals surface area (Å²) in [5, 5.41) is 4.61. The molecule has 3 aromatic rings. The van der Waals surface area contributed by atoms with Crippen molar-refractivity contribution < 1.29 is 23.8 Å². The number of benzene rings is 1. The Hall–Kier alpha value is -3.59. The molecule has 198 valence electrons. The molecule has 0 spiro atoms. The van der Waals surface area contributed by atoms with Crippen LogP contribution in [-0.2, 0) is 22.9 Å². The maximum atomic E-state index is 12.7. The van der Waals surface area contributed by atoms with Gasteiger partial charge < -0.3 is 29.0 Å². The van der Waals surface area contributed by atoms with Crippen molar-refractivity contribution in [2.75, 3.05) is 33.9 Å². The molecule has 0 aliphatic carbocycles. The third kappa shape index (κ3) is 5.41. The van der Waals surface area contributed by atoms with Crippen LogP contribution < -0.4 is 10.1 Å². The minimum atomic E-state index is -0.531. The monoisotopic (exact) mass is 508 g/mol. The number of pyridine rings is 1. The molecule has 0 radical (unpaired) electrons. The van der Waals surface area contributed by atoms with Gasteiger partial charge >= 0.3 is 12.1 Å². The molecule has 37 heavy (non-hydrogen) atoms. The van der Waals surface area contributed by atoms with Crippen molar-refractivity contribution >= 4 is 23.0 Å². The number of carbonyl (C=O) groups excluding carboxylic acids is 2. The van der Waals surface area contributed by atoms with E-state index in [0.29, 0.717) is 31.6 Å². The Morgan fingerprint density at radius 2 is 1.92 bits per heavy atom. The minimum absolute atomic E-state index is 0.0223. The number of fused-ring (bicyclic) bond motifs is 1. The minimum Gasteiger partial charge on any atom is -0.480 e. The van der Waals surface area contributed by atoms with Gasteiger partial charge in [0.05, 0.1) is 26.0 Å². The van der Waals surface area contributed by atoms with Crippen molar-refractivity contribution in [3.05, 3.63) is 47.2 Å². The van der Waals surface area contributed by atoms with Crippen LogP contribution in [0.25, 0.3) is 22.2 Å². The van der Waals surface area contributed by atoms with E-state index in [2.05, 4.69) is 33.1 Å². The van der Waals surface area contributed by atoms with Crippen molar-refractivity contribution in [2.24, 2.45) is 7.05 Å². The summed E-state index contributed by atoms with van der Waals surface area (Å²) >= 11 is 0. The fourth-order valence-corrected chi connectivity index (χ4v) is 4.76. The van der Waals surface area contributed by atoms with Gasteiger partial charge in [-0.3, -0.25) is 0 Å². The number of methoxy groups -OCH3 is 2. The van der Waals surface area contributed by atoms with Gasteiger partial charge in [-0.15, -0.1) is 0 Å². The molecule has 1 fully saturated rings. The Morgan fingerprint density at radius 3 is 2.57 bits per heavy atom. The van der Waals surface area contributed by atoms with Gasteiger partial charge in [-0.05, 0) is 57.0 Å². The second kappa shape index (κ2) is 10.4. The van der Waals surface area contributed by atoms with Crippen LogP contribution >= 0.6 is 0 Å². The molecule has 1 aromatic carbocycles. The van der Waals surface area contributed by atoms with E-state index < -0.39 is 11.6 Å². The summed E-state index contributed by atoms with van der Waals surface area (Å²) < 4.78 is 18.1. The lowest BCUT2D eigenvalue weighted by molar-refractivity contribution is 0.0192. The first-order valence-electron chi connectivity index (χ1n) is 12.5. The SMILES string of the molecule is CCc1cc(C(=O)OC)c(OC)nc1-c1ccc2c(c1)cc(C1CN(C(=O)OC(C)(C)C)CCN1)n2C. The molecule has 1 N–H and O–H groups in total. The Kier molecular flexibility index (Phi) is 7.45. The number of ether oxygens (including phenoxy) is 3. The van der Waals surface area contributed by atoms with Crippen LogP contribution in [0.4, 0.5) is 4.79 Å². The van der Waals surface area contributed by atoms with Crippen molar-refractivity contribution in [2.45, 2.75) is 45.8 Å². The number of aromatic nitrogens is 2. The predicted octanol–water partition coefficient (Wildman–Crippen LogP) is 4.48. The van der Waals surface area contributed by atoms with Crippen molar-refractivity contribution in [3.63, 3.8) is 0 Å². The number of aryl methyl sites for hydroxylation is 2. The van der Waals surface area contributed by atoms with Crippen molar-refractivity contribution in [1.82, 2.24) is 19.8 Å². The summed E-state index contributed by atoms with van der Waals surface area (Å²) in [5.41, 5.74) is 4.57. The Balaban J connectivity index is 1.68. The molecule has 0 saturated carbocycles. The van der Waals surface area contributed by atoms with Crippen LogP contribution in [0.5, 0.6) is 5.88 Å². The fraction of sp³-hybridized carbons (Fsp3) is 0.464. The molecule has 4 rings (SSSR count). The van der Waals surface area contributed by atoms with Gasteiger partial charge in [0.25, 0.3) is 0 Å². The van der Waals surface area contributed by atoms with Gasteiger partial charge in [0, 0.05) is 48.8 Å². The first kappa shape index (κ1) is 26.5. The van der Waals surface area contributed by atoms with Crippen LogP contribution in [-0.4, -0.2) is 66.0 Å². The lowest BCUT2D eigenvalue weighted by Crippen LogP contribution is -2.50. The molecule has 9 nitrogen and oxygen atoms in total. The maximum absolute atomic E-state index is 12.7.